The van der Waals surface area contributed by atoms with Gasteiger partial charge in [0.25, 0.3) is 0 Å². The van der Waals surface area contributed by atoms with Gasteiger partial charge in [0.15, 0.2) is 0 Å². The largest absolute Gasteiger partial charge is 0.457 e. The SMILES string of the molecule is O=C(OCc1ccc(Cl)cc1Cl)c1scc2ccccc12. The molecular formula is C16H10Cl2O2S. The number of benzene rings is 2. The summed E-state index contributed by atoms with van der Waals surface area (Å²) in [5.41, 5.74) is 0.732. The van der Waals surface area contributed by atoms with Gasteiger partial charge < -0.3 is 4.74 Å². The van der Waals surface area contributed by atoms with Crippen LogP contribution in [0.3, 0.4) is 0 Å². The van der Waals surface area contributed by atoms with E-state index in [4.69, 9.17) is 27.9 Å². The predicted molar refractivity (Wildman–Crippen MR) is 87.4 cm³/mol. The molecule has 0 saturated carbocycles. The highest BCUT2D eigenvalue weighted by Crippen LogP contribution is 2.27. The van der Waals surface area contributed by atoms with E-state index in [2.05, 4.69) is 0 Å². The van der Waals surface area contributed by atoms with Crippen molar-refractivity contribution in [1.29, 1.82) is 0 Å². The standard InChI is InChI=1S/C16H10Cl2O2S/c17-12-6-5-10(14(18)7-12)8-20-16(19)15-13-4-2-1-3-11(13)9-21-15/h1-7,9H,8H2. The van der Waals surface area contributed by atoms with Crippen LogP contribution < -0.4 is 0 Å². The van der Waals surface area contributed by atoms with Gasteiger partial charge >= 0.3 is 5.97 Å². The number of carbonyl (C=O) groups is 1. The number of hydrogen-bond acceptors (Lipinski definition) is 3. The van der Waals surface area contributed by atoms with Gasteiger partial charge in [0, 0.05) is 21.0 Å². The lowest BCUT2D eigenvalue weighted by Crippen LogP contribution is -2.04. The Kier molecular flexibility index (Phi) is 4.15. The van der Waals surface area contributed by atoms with E-state index in [0.29, 0.717) is 14.9 Å². The van der Waals surface area contributed by atoms with Crippen molar-refractivity contribution in [3.05, 3.63) is 68.3 Å². The number of esters is 1. The third-order valence-electron chi connectivity index (χ3n) is 3.07. The van der Waals surface area contributed by atoms with Crippen molar-refractivity contribution < 1.29 is 9.53 Å². The second-order valence-electron chi connectivity index (χ2n) is 4.46. The van der Waals surface area contributed by atoms with E-state index in [9.17, 15) is 4.79 Å². The number of thiophene rings is 1. The molecule has 0 radical (unpaired) electrons. The van der Waals surface area contributed by atoms with Crippen LogP contribution in [0.2, 0.25) is 10.0 Å². The third-order valence-corrected chi connectivity index (χ3v) is 4.65. The van der Waals surface area contributed by atoms with Gasteiger partial charge in [-0.2, -0.15) is 0 Å². The lowest BCUT2D eigenvalue weighted by Gasteiger charge is -2.06. The molecule has 5 heteroatoms. The maximum absolute atomic E-state index is 12.2. The molecule has 0 aliphatic rings. The number of halogens is 2. The molecule has 2 aromatic carbocycles. The maximum Gasteiger partial charge on any atom is 0.349 e. The summed E-state index contributed by atoms with van der Waals surface area (Å²) in [4.78, 5) is 12.8. The van der Waals surface area contributed by atoms with Gasteiger partial charge in [-0.1, -0.05) is 53.5 Å². The highest BCUT2D eigenvalue weighted by Gasteiger charge is 2.14. The fourth-order valence-electron chi connectivity index (χ4n) is 2.00. The van der Waals surface area contributed by atoms with Gasteiger partial charge in [0.1, 0.15) is 11.5 Å². The number of fused-ring (bicyclic) bond motifs is 1. The van der Waals surface area contributed by atoms with Gasteiger partial charge in [0.2, 0.25) is 0 Å². The third kappa shape index (κ3) is 3.05. The van der Waals surface area contributed by atoms with E-state index in [1.54, 1.807) is 18.2 Å². The Labute approximate surface area is 135 Å². The van der Waals surface area contributed by atoms with Crippen LogP contribution in [-0.4, -0.2) is 5.97 Å². The molecule has 0 N–H and O–H groups in total. The van der Waals surface area contributed by atoms with Crippen molar-refractivity contribution in [1.82, 2.24) is 0 Å². The molecule has 0 atom stereocenters. The summed E-state index contributed by atoms with van der Waals surface area (Å²) in [7, 11) is 0. The zero-order valence-corrected chi connectivity index (χ0v) is 13.1. The summed E-state index contributed by atoms with van der Waals surface area (Å²) in [6.07, 6.45) is 0. The second-order valence-corrected chi connectivity index (χ2v) is 6.19. The molecule has 21 heavy (non-hydrogen) atoms. The quantitative estimate of drug-likeness (QED) is 0.585. The van der Waals surface area contributed by atoms with Gasteiger partial charge in [0.05, 0.1) is 0 Å². The fraction of sp³-hybridized carbons (Fsp3) is 0.0625. The van der Waals surface area contributed by atoms with Crippen LogP contribution in [0.1, 0.15) is 15.2 Å². The van der Waals surface area contributed by atoms with Crippen LogP contribution in [0, 0.1) is 0 Å². The zero-order chi connectivity index (χ0) is 14.8. The van der Waals surface area contributed by atoms with E-state index >= 15 is 0 Å². The van der Waals surface area contributed by atoms with Crippen molar-refractivity contribution in [2.24, 2.45) is 0 Å². The first-order valence-corrected chi connectivity index (χ1v) is 7.86. The minimum atomic E-state index is -0.341. The molecule has 3 rings (SSSR count). The summed E-state index contributed by atoms with van der Waals surface area (Å²) in [6.45, 7) is 0.126. The Hall–Kier alpha value is -1.55. The highest BCUT2D eigenvalue weighted by atomic mass is 35.5. The fourth-order valence-corrected chi connectivity index (χ4v) is 3.38. The second kappa shape index (κ2) is 6.06. The molecule has 1 heterocycles. The number of carbonyl (C=O) groups excluding carboxylic acids is 1. The first-order chi connectivity index (χ1) is 10.1. The smallest absolute Gasteiger partial charge is 0.349 e. The average Bonchev–Trinajstić information content (AvgIpc) is 2.90. The maximum atomic E-state index is 12.2. The number of hydrogen-bond donors (Lipinski definition) is 0. The molecule has 0 unspecified atom stereocenters. The summed E-state index contributed by atoms with van der Waals surface area (Å²) in [5.74, 6) is -0.341. The van der Waals surface area contributed by atoms with E-state index in [1.807, 2.05) is 29.6 Å². The van der Waals surface area contributed by atoms with Crippen LogP contribution in [0.15, 0.2) is 47.8 Å². The molecule has 106 valence electrons. The summed E-state index contributed by atoms with van der Waals surface area (Å²) >= 11 is 13.3. The summed E-state index contributed by atoms with van der Waals surface area (Å²) < 4.78 is 5.35. The van der Waals surface area contributed by atoms with Crippen LogP contribution >= 0.6 is 34.5 Å². The molecule has 0 fully saturated rings. The van der Waals surface area contributed by atoms with E-state index in [1.165, 1.54) is 11.3 Å². The van der Waals surface area contributed by atoms with E-state index < -0.39 is 0 Å². The Morgan fingerprint density at radius 1 is 1.14 bits per heavy atom. The molecule has 2 nitrogen and oxygen atoms in total. The van der Waals surface area contributed by atoms with Crippen LogP contribution in [0.5, 0.6) is 0 Å². The Morgan fingerprint density at radius 2 is 1.95 bits per heavy atom. The Balaban J connectivity index is 1.77. The van der Waals surface area contributed by atoms with Crippen molar-refractivity contribution in [3.63, 3.8) is 0 Å². The lowest BCUT2D eigenvalue weighted by molar-refractivity contribution is 0.0481. The van der Waals surface area contributed by atoms with Crippen molar-refractivity contribution in [2.45, 2.75) is 6.61 Å². The highest BCUT2D eigenvalue weighted by molar-refractivity contribution is 7.13. The number of ether oxygens (including phenoxy) is 1. The van der Waals surface area contributed by atoms with Gasteiger partial charge in [-0.25, -0.2) is 4.79 Å². The van der Waals surface area contributed by atoms with Gasteiger partial charge in [-0.3, -0.25) is 0 Å². The molecule has 0 spiro atoms. The summed E-state index contributed by atoms with van der Waals surface area (Å²) in [6, 6.07) is 12.8. The van der Waals surface area contributed by atoms with Crippen molar-refractivity contribution in [3.8, 4) is 0 Å². The molecule has 3 aromatic rings. The molecule has 0 bridgehead atoms. The number of rotatable bonds is 3. The Morgan fingerprint density at radius 3 is 2.76 bits per heavy atom. The van der Waals surface area contributed by atoms with Crippen molar-refractivity contribution in [2.75, 3.05) is 0 Å². The van der Waals surface area contributed by atoms with E-state index in [-0.39, 0.29) is 12.6 Å². The molecule has 0 saturated heterocycles. The topological polar surface area (TPSA) is 26.3 Å². The lowest BCUT2D eigenvalue weighted by atomic mass is 10.2. The zero-order valence-electron chi connectivity index (χ0n) is 10.8. The van der Waals surface area contributed by atoms with Crippen molar-refractivity contribution >= 4 is 51.3 Å². The molecule has 0 aliphatic carbocycles. The van der Waals surface area contributed by atoms with Crippen LogP contribution in [0.4, 0.5) is 0 Å². The average molecular weight is 337 g/mol. The molecule has 0 aliphatic heterocycles. The molecule has 1 aromatic heterocycles. The van der Waals surface area contributed by atoms with Crippen LogP contribution in [0.25, 0.3) is 10.8 Å². The molecular weight excluding hydrogens is 327 g/mol. The normalized spacial score (nSPS) is 10.8. The van der Waals surface area contributed by atoms with Gasteiger partial charge in [-0.05, 0) is 22.9 Å². The van der Waals surface area contributed by atoms with Crippen LogP contribution in [-0.2, 0) is 11.3 Å². The predicted octanol–water partition coefficient (Wildman–Crippen LogP) is 5.57. The minimum absolute atomic E-state index is 0.126. The van der Waals surface area contributed by atoms with Gasteiger partial charge in [-0.15, -0.1) is 11.3 Å². The molecule has 0 amide bonds. The first kappa shape index (κ1) is 14.4. The minimum Gasteiger partial charge on any atom is -0.457 e. The Bertz CT molecular complexity index is 811. The first-order valence-electron chi connectivity index (χ1n) is 6.22. The van der Waals surface area contributed by atoms with E-state index in [0.717, 1.165) is 16.3 Å². The summed E-state index contributed by atoms with van der Waals surface area (Å²) in [5, 5.41) is 4.95. The monoisotopic (exact) mass is 336 g/mol.